The maximum absolute atomic E-state index is 11.5. The summed E-state index contributed by atoms with van der Waals surface area (Å²) in [4.78, 5) is 18.6. The van der Waals surface area contributed by atoms with Gasteiger partial charge in [0.1, 0.15) is 5.82 Å². The highest BCUT2D eigenvalue weighted by Gasteiger charge is 2.12. The Labute approximate surface area is 108 Å². The fraction of sp³-hybridized carbons (Fsp3) is 0.600. The van der Waals surface area contributed by atoms with Crippen LogP contribution in [0, 0.1) is 10.5 Å². The number of aryl methyl sites for hydroxylation is 1. The minimum atomic E-state index is -0.0346. The molecule has 0 aliphatic heterocycles. The van der Waals surface area contributed by atoms with Crippen LogP contribution < -0.4 is 5.56 Å². The van der Waals surface area contributed by atoms with Crippen LogP contribution >= 0.6 is 34.4 Å². The van der Waals surface area contributed by atoms with Gasteiger partial charge in [0, 0.05) is 4.75 Å². The Kier molecular flexibility index (Phi) is 4.22. The van der Waals surface area contributed by atoms with Crippen LogP contribution in [0.3, 0.4) is 0 Å². The van der Waals surface area contributed by atoms with Gasteiger partial charge in [-0.3, -0.25) is 4.79 Å². The quantitative estimate of drug-likeness (QED) is 0.844. The third kappa shape index (κ3) is 4.14. The number of thioether (sulfide) groups is 1. The highest BCUT2D eigenvalue weighted by Crippen LogP contribution is 2.25. The van der Waals surface area contributed by atoms with E-state index in [1.54, 1.807) is 11.8 Å². The lowest BCUT2D eigenvalue weighted by molar-refractivity contribution is 0.799. The van der Waals surface area contributed by atoms with Crippen molar-refractivity contribution in [2.24, 2.45) is 0 Å². The standard InChI is InChI=1S/C10H15IN2OS/c1-6-8(11)9(14)13-7(12-6)5-15-10(2,3)4/h5H2,1-4H3,(H,12,13,14). The lowest BCUT2D eigenvalue weighted by Gasteiger charge is -2.16. The number of rotatable bonds is 2. The first-order valence-electron chi connectivity index (χ1n) is 4.69. The van der Waals surface area contributed by atoms with Gasteiger partial charge >= 0.3 is 0 Å². The molecule has 0 radical (unpaired) electrons. The fourth-order valence-corrected chi connectivity index (χ4v) is 1.94. The van der Waals surface area contributed by atoms with E-state index in [9.17, 15) is 4.79 Å². The van der Waals surface area contributed by atoms with Crippen molar-refractivity contribution in [2.75, 3.05) is 0 Å². The predicted molar refractivity (Wildman–Crippen MR) is 73.4 cm³/mol. The molecule has 0 bridgehead atoms. The Morgan fingerprint density at radius 2 is 2.07 bits per heavy atom. The summed E-state index contributed by atoms with van der Waals surface area (Å²) >= 11 is 3.79. The SMILES string of the molecule is Cc1nc(CSC(C)(C)C)[nH]c(=O)c1I. The molecule has 15 heavy (non-hydrogen) atoms. The molecule has 84 valence electrons. The summed E-state index contributed by atoms with van der Waals surface area (Å²) in [6.45, 7) is 8.31. The Morgan fingerprint density at radius 1 is 1.47 bits per heavy atom. The molecule has 1 heterocycles. The van der Waals surface area contributed by atoms with E-state index < -0.39 is 0 Å². The van der Waals surface area contributed by atoms with Crippen molar-refractivity contribution in [1.82, 2.24) is 9.97 Å². The second-order valence-corrected chi connectivity index (χ2v) is 7.19. The number of aromatic amines is 1. The molecule has 0 fully saturated rings. The van der Waals surface area contributed by atoms with Gasteiger partial charge in [-0.05, 0) is 29.5 Å². The molecular weight excluding hydrogens is 323 g/mol. The molecule has 0 spiro atoms. The maximum atomic E-state index is 11.5. The number of halogens is 1. The third-order valence-corrected chi connectivity index (χ3v) is 4.27. The van der Waals surface area contributed by atoms with Crippen molar-refractivity contribution in [3.63, 3.8) is 0 Å². The first-order chi connectivity index (χ1) is 6.79. The van der Waals surface area contributed by atoms with E-state index in [0.717, 1.165) is 17.3 Å². The summed E-state index contributed by atoms with van der Waals surface area (Å²) in [6.07, 6.45) is 0. The number of aromatic nitrogens is 2. The van der Waals surface area contributed by atoms with E-state index in [0.29, 0.717) is 3.57 Å². The highest BCUT2D eigenvalue weighted by molar-refractivity contribution is 14.1. The second kappa shape index (κ2) is 4.86. The Hall–Kier alpha value is -0.0400. The molecule has 1 aromatic rings. The largest absolute Gasteiger partial charge is 0.309 e. The zero-order valence-corrected chi connectivity index (χ0v) is 12.3. The number of H-pyrrole nitrogens is 1. The highest BCUT2D eigenvalue weighted by atomic mass is 127. The summed E-state index contributed by atoms with van der Waals surface area (Å²) in [5.41, 5.74) is 0.775. The van der Waals surface area contributed by atoms with Crippen LogP contribution in [0.15, 0.2) is 4.79 Å². The molecule has 0 aromatic carbocycles. The lowest BCUT2D eigenvalue weighted by atomic mass is 10.3. The van der Waals surface area contributed by atoms with Gasteiger partial charge in [-0.15, -0.1) is 11.8 Å². The maximum Gasteiger partial charge on any atom is 0.264 e. The first-order valence-corrected chi connectivity index (χ1v) is 6.75. The summed E-state index contributed by atoms with van der Waals surface area (Å²) in [6, 6.07) is 0. The van der Waals surface area contributed by atoms with Crippen LogP contribution in [0.2, 0.25) is 0 Å². The summed E-state index contributed by atoms with van der Waals surface area (Å²) in [5, 5.41) is 0. The summed E-state index contributed by atoms with van der Waals surface area (Å²) in [5.74, 6) is 1.51. The third-order valence-electron chi connectivity index (χ3n) is 1.72. The van der Waals surface area contributed by atoms with Gasteiger partial charge in [0.25, 0.3) is 5.56 Å². The van der Waals surface area contributed by atoms with Crippen LogP contribution in [0.5, 0.6) is 0 Å². The van der Waals surface area contributed by atoms with Crippen LogP contribution in [-0.4, -0.2) is 14.7 Å². The zero-order valence-electron chi connectivity index (χ0n) is 9.35. The molecule has 1 rings (SSSR count). The van der Waals surface area contributed by atoms with Crippen molar-refractivity contribution in [3.8, 4) is 0 Å². The average Bonchev–Trinajstić information content (AvgIpc) is 2.09. The Bertz CT molecular complexity index is 409. The fourth-order valence-electron chi connectivity index (χ4n) is 0.983. The minimum absolute atomic E-state index is 0.0346. The Balaban J connectivity index is 2.84. The van der Waals surface area contributed by atoms with Gasteiger partial charge in [0.15, 0.2) is 0 Å². The van der Waals surface area contributed by atoms with E-state index >= 15 is 0 Å². The first kappa shape index (κ1) is 13.0. The predicted octanol–water partition coefficient (Wildman–Crippen LogP) is 2.71. The molecule has 0 saturated heterocycles. The monoisotopic (exact) mass is 338 g/mol. The van der Waals surface area contributed by atoms with Gasteiger partial charge in [0.2, 0.25) is 0 Å². The molecule has 0 amide bonds. The zero-order chi connectivity index (χ0) is 11.6. The molecule has 5 heteroatoms. The Morgan fingerprint density at radius 3 is 2.53 bits per heavy atom. The topological polar surface area (TPSA) is 45.8 Å². The van der Waals surface area contributed by atoms with Gasteiger partial charge in [-0.25, -0.2) is 4.98 Å². The van der Waals surface area contributed by atoms with Gasteiger partial charge in [0.05, 0.1) is 15.0 Å². The molecule has 0 atom stereocenters. The molecule has 0 saturated carbocycles. The molecule has 3 nitrogen and oxygen atoms in total. The molecule has 1 aromatic heterocycles. The number of nitrogens with zero attached hydrogens (tertiary/aromatic N) is 1. The number of nitrogens with one attached hydrogen (secondary N) is 1. The van der Waals surface area contributed by atoms with Crippen molar-refractivity contribution >= 4 is 34.4 Å². The van der Waals surface area contributed by atoms with Crippen molar-refractivity contribution in [3.05, 3.63) is 25.4 Å². The molecule has 1 N–H and O–H groups in total. The smallest absolute Gasteiger partial charge is 0.264 e. The molecule has 0 aliphatic carbocycles. The van der Waals surface area contributed by atoms with E-state index in [4.69, 9.17) is 0 Å². The lowest BCUT2D eigenvalue weighted by Crippen LogP contribution is -2.17. The second-order valence-electron chi connectivity index (χ2n) is 4.31. The van der Waals surface area contributed by atoms with Crippen LogP contribution in [0.1, 0.15) is 32.3 Å². The van der Waals surface area contributed by atoms with Crippen molar-refractivity contribution < 1.29 is 0 Å². The van der Waals surface area contributed by atoms with E-state index in [2.05, 4.69) is 30.7 Å². The number of hydrogen-bond donors (Lipinski definition) is 1. The van der Waals surface area contributed by atoms with Crippen molar-refractivity contribution in [1.29, 1.82) is 0 Å². The summed E-state index contributed by atoms with van der Waals surface area (Å²) in [7, 11) is 0. The van der Waals surface area contributed by atoms with Gasteiger partial charge in [-0.2, -0.15) is 0 Å². The van der Waals surface area contributed by atoms with Gasteiger partial charge in [-0.1, -0.05) is 20.8 Å². The molecule has 0 unspecified atom stereocenters. The van der Waals surface area contributed by atoms with E-state index in [-0.39, 0.29) is 10.3 Å². The van der Waals surface area contributed by atoms with Crippen molar-refractivity contribution in [2.45, 2.75) is 38.2 Å². The molecule has 0 aliphatic rings. The van der Waals surface area contributed by atoms with E-state index in [1.807, 2.05) is 29.5 Å². The number of hydrogen-bond acceptors (Lipinski definition) is 3. The minimum Gasteiger partial charge on any atom is -0.309 e. The van der Waals surface area contributed by atoms with E-state index in [1.165, 1.54) is 0 Å². The molecular formula is C10H15IN2OS. The average molecular weight is 338 g/mol. The van der Waals surface area contributed by atoms with Crippen LogP contribution in [0.4, 0.5) is 0 Å². The van der Waals surface area contributed by atoms with Crippen LogP contribution in [-0.2, 0) is 5.75 Å². The van der Waals surface area contributed by atoms with Gasteiger partial charge < -0.3 is 4.98 Å². The summed E-state index contributed by atoms with van der Waals surface area (Å²) < 4.78 is 0.868. The van der Waals surface area contributed by atoms with Crippen LogP contribution in [0.25, 0.3) is 0 Å². The normalized spacial score (nSPS) is 11.8.